The number of aryl methyl sites for hydroxylation is 2. The van der Waals surface area contributed by atoms with Gasteiger partial charge in [0.2, 0.25) is 0 Å². The van der Waals surface area contributed by atoms with Gasteiger partial charge in [0.1, 0.15) is 16.8 Å². The first kappa shape index (κ1) is 25.3. The zero-order chi connectivity index (χ0) is 26.8. The molecule has 0 bridgehead atoms. The zero-order valence-electron chi connectivity index (χ0n) is 20.7. The number of rotatable bonds is 2. The van der Waals surface area contributed by atoms with E-state index in [0.29, 0.717) is 16.2 Å². The van der Waals surface area contributed by atoms with Gasteiger partial charge in [-0.25, -0.2) is 13.8 Å². The van der Waals surface area contributed by atoms with Crippen LogP contribution in [0.3, 0.4) is 0 Å². The second-order valence-electron chi connectivity index (χ2n) is 9.14. The van der Waals surface area contributed by atoms with Crippen LogP contribution in [0.1, 0.15) is 11.1 Å². The van der Waals surface area contributed by atoms with Gasteiger partial charge in [-0.3, -0.25) is 4.79 Å². The predicted molar refractivity (Wildman–Crippen MR) is 152 cm³/mol. The van der Waals surface area contributed by atoms with Crippen LogP contribution in [0.5, 0.6) is 0 Å². The standard InChI is InChI=1S/C16H11ClFN.C16H12FNO/c1-10-2-3-12-9-15(19-16(17)14(12)8-10)11-4-6-13(18)7-5-11;1-10-2-3-12-9-15(18-16(19)14(12)8-10)11-4-6-13(17)7-5-11/h2-9H,1H3;2-9H,1H3,(H,18,19). The van der Waals surface area contributed by atoms with Crippen molar-refractivity contribution in [2.75, 3.05) is 0 Å². The number of benzene rings is 4. The maximum Gasteiger partial charge on any atom is 0.256 e. The number of pyridine rings is 2. The minimum Gasteiger partial charge on any atom is -0.321 e. The Morgan fingerprint density at radius 1 is 0.658 bits per heavy atom. The molecule has 0 aliphatic rings. The summed E-state index contributed by atoms with van der Waals surface area (Å²) in [7, 11) is 0. The maximum atomic E-state index is 12.9. The average molecular weight is 525 g/mol. The van der Waals surface area contributed by atoms with Gasteiger partial charge < -0.3 is 4.98 Å². The predicted octanol–water partition coefficient (Wildman–Crippen LogP) is 8.65. The van der Waals surface area contributed by atoms with Crippen molar-refractivity contribution < 1.29 is 8.78 Å². The van der Waals surface area contributed by atoms with E-state index in [1.165, 1.54) is 24.3 Å². The Morgan fingerprint density at radius 2 is 1.18 bits per heavy atom. The van der Waals surface area contributed by atoms with Crippen molar-refractivity contribution in [3.63, 3.8) is 0 Å². The second-order valence-corrected chi connectivity index (χ2v) is 9.50. The quantitative estimate of drug-likeness (QED) is 0.230. The zero-order valence-corrected chi connectivity index (χ0v) is 21.5. The molecule has 1 N–H and O–H groups in total. The lowest BCUT2D eigenvalue weighted by Crippen LogP contribution is -2.07. The minimum absolute atomic E-state index is 0.125. The Morgan fingerprint density at radius 3 is 1.79 bits per heavy atom. The first-order valence-corrected chi connectivity index (χ1v) is 12.4. The molecule has 0 amide bonds. The van der Waals surface area contributed by atoms with Crippen LogP contribution >= 0.6 is 11.6 Å². The number of hydrogen-bond acceptors (Lipinski definition) is 2. The van der Waals surface area contributed by atoms with Gasteiger partial charge in [-0.15, -0.1) is 0 Å². The minimum atomic E-state index is -0.289. The van der Waals surface area contributed by atoms with E-state index in [2.05, 4.69) is 9.97 Å². The Bertz CT molecular complexity index is 1830. The van der Waals surface area contributed by atoms with Crippen LogP contribution < -0.4 is 5.56 Å². The largest absolute Gasteiger partial charge is 0.321 e. The van der Waals surface area contributed by atoms with Gasteiger partial charge in [0.05, 0.1) is 5.69 Å². The first-order valence-electron chi connectivity index (χ1n) is 12.0. The molecular formula is C32H23ClF2N2O. The van der Waals surface area contributed by atoms with Gasteiger partial charge in [-0.2, -0.15) is 0 Å². The molecule has 0 unspecified atom stereocenters. The SMILES string of the molecule is Cc1ccc2cc(-c3ccc(F)cc3)[nH]c(=O)c2c1.Cc1ccc2cc(-c3ccc(F)cc3)nc(Cl)c2c1. The van der Waals surface area contributed by atoms with E-state index in [1.807, 2.05) is 62.4 Å². The van der Waals surface area contributed by atoms with Crippen LogP contribution in [0.15, 0.2) is 102 Å². The second kappa shape index (κ2) is 10.6. The average Bonchev–Trinajstić information content (AvgIpc) is 2.90. The number of nitrogens with zero attached hydrogens (tertiary/aromatic N) is 1. The van der Waals surface area contributed by atoms with Crippen molar-refractivity contribution in [1.82, 2.24) is 9.97 Å². The molecule has 6 aromatic rings. The van der Waals surface area contributed by atoms with E-state index < -0.39 is 0 Å². The molecule has 4 aromatic carbocycles. The Labute approximate surface area is 223 Å². The monoisotopic (exact) mass is 524 g/mol. The normalized spacial score (nSPS) is 10.9. The summed E-state index contributed by atoms with van der Waals surface area (Å²) in [5, 5.41) is 4.00. The molecule has 0 atom stereocenters. The summed E-state index contributed by atoms with van der Waals surface area (Å²) in [6.45, 7) is 3.97. The smallest absolute Gasteiger partial charge is 0.256 e. The summed E-state index contributed by atoms with van der Waals surface area (Å²) < 4.78 is 25.8. The lowest BCUT2D eigenvalue weighted by atomic mass is 10.1. The van der Waals surface area contributed by atoms with E-state index in [4.69, 9.17) is 11.6 Å². The summed E-state index contributed by atoms with van der Waals surface area (Å²) in [6.07, 6.45) is 0. The summed E-state index contributed by atoms with van der Waals surface area (Å²) in [4.78, 5) is 19.3. The van der Waals surface area contributed by atoms with Crippen LogP contribution in [0.4, 0.5) is 8.78 Å². The van der Waals surface area contributed by atoms with Crippen LogP contribution in [-0.4, -0.2) is 9.97 Å². The van der Waals surface area contributed by atoms with Gasteiger partial charge in [0, 0.05) is 22.0 Å². The highest BCUT2D eigenvalue weighted by Gasteiger charge is 2.07. The third kappa shape index (κ3) is 5.48. The van der Waals surface area contributed by atoms with Gasteiger partial charge in [-0.1, -0.05) is 47.0 Å². The third-order valence-corrected chi connectivity index (χ3v) is 6.53. The van der Waals surface area contributed by atoms with E-state index in [1.54, 1.807) is 24.3 Å². The van der Waals surface area contributed by atoms with Crippen molar-refractivity contribution in [2.24, 2.45) is 0 Å². The number of H-pyrrole nitrogens is 1. The van der Waals surface area contributed by atoms with Gasteiger partial charge in [0.15, 0.2) is 0 Å². The molecule has 0 saturated heterocycles. The molecule has 3 nitrogen and oxygen atoms in total. The Hall–Kier alpha value is -4.35. The number of hydrogen-bond donors (Lipinski definition) is 1. The number of nitrogens with one attached hydrogen (secondary N) is 1. The van der Waals surface area contributed by atoms with E-state index in [-0.39, 0.29) is 17.2 Å². The molecule has 0 aliphatic carbocycles. The van der Waals surface area contributed by atoms with Gasteiger partial charge >= 0.3 is 0 Å². The van der Waals surface area contributed by atoms with E-state index in [0.717, 1.165) is 44.1 Å². The summed E-state index contributed by atoms with van der Waals surface area (Å²) in [6, 6.07) is 28.0. The molecule has 2 aromatic heterocycles. The Kier molecular flexibility index (Phi) is 7.03. The fraction of sp³-hybridized carbons (Fsp3) is 0.0625. The Balaban J connectivity index is 0.000000155. The molecule has 0 saturated carbocycles. The van der Waals surface area contributed by atoms with Crippen LogP contribution in [0.2, 0.25) is 5.15 Å². The molecule has 2 heterocycles. The maximum absolute atomic E-state index is 12.9. The summed E-state index contributed by atoms with van der Waals surface area (Å²) >= 11 is 6.23. The highest BCUT2D eigenvalue weighted by Crippen LogP contribution is 2.28. The molecule has 188 valence electrons. The molecule has 38 heavy (non-hydrogen) atoms. The number of fused-ring (bicyclic) bond motifs is 2. The molecular weight excluding hydrogens is 502 g/mol. The van der Waals surface area contributed by atoms with E-state index >= 15 is 0 Å². The highest BCUT2D eigenvalue weighted by atomic mass is 35.5. The first-order chi connectivity index (χ1) is 18.3. The fourth-order valence-electron chi connectivity index (χ4n) is 4.25. The number of aromatic amines is 1. The number of halogens is 3. The van der Waals surface area contributed by atoms with Crippen LogP contribution in [0.25, 0.3) is 44.1 Å². The van der Waals surface area contributed by atoms with Gasteiger partial charge in [0.25, 0.3) is 5.56 Å². The van der Waals surface area contributed by atoms with Crippen molar-refractivity contribution in [3.8, 4) is 22.5 Å². The molecule has 0 fully saturated rings. The molecule has 0 radical (unpaired) electrons. The molecule has 6 rings (SSSR count). The van der Waals surface area contributed by atoms with Gasteiger partial charge in [-0.05, 0) is 103 Å². The van der Waals surface area contributed by atoms with Crippen molar-refractivity contribution >= 4 is 33.1 Å². The highest BCUT2D eigenvalue weighted by molar-refractivity contribution is 6.34. The topological polar surface area (TPSA) is 45.8 Å². The van der Waals surface area contributed by atoms with Crippen LogP contribution in [0, 0.1) is 25.5 Å². The van der Waals surface area contributed by atoms with Crippen molar-refractivity contribution in [3.05, 3.63) is 135 Å². The van der Waals surface area contributed by atoms with Crippen molar-refractivity contribution in [2.45, 2.75) is 13.8 Å². The molecule has 6 heteroatoms. The van der Waals surface area contributed by atoms with E-state index in [9.17, 15) is 13.6 Å². The summed E-state index contributed by atoms with van der Waals surface area (Å²) in [5.74, 6) is -0.547. The molecule has 0 aliphatic heterocycles. The summed E-state index contributed by atoms with van der Waals surface area (Å²) in [5.41, 5.74) is 5.16. The van der Waals surface area contributed by atoms with Crippen molar-refractivity contribution in [1.29, 1.82) is 0 Å². The fourth-order valence-corrected chi connectivity index (χ4v) is 4.50. The lowest BCUT2D eigenvalue weighted by molar-refractivity contribution is 0.627. The third-order valence-electron chi connectivity index (χ3n) is 6.24. The van der Waals surface area contributed by atoms with Crippen LogP contribution in [-0.2, 0) is 0 Å². The lowest BCUT2D eigenvalue weighted by Gasteiger charge is -2.06. The number of aromatic nitrogens is 2. The molecule has 0 spiro atoms.